The van der Waals surface area contributed by atoms with E-state index in [4.69, 9.17) is 14.0 Å². The van der Waals surface area contributed by atoms with Crippen LogP contribution in [0, 0.1) is 0 Å². The molecule has 230 valence electrons. The van der Waals surface area contributed by atoms with Gasteiger partial charge in [-0.3, -0.25) is 28.5 Å². The molecule has 0 saturated heterocycles. The van der Waals surface area contributed by atoms with Crippen LogP contribution in [0.1, 0.15) is 47.0 Å². The molecule has 0 bridgehead atoms. The van der Waals surface area contributed by atoms with Crippen molar-refractivity contribution in [1.29, 1.82) is 0 Å². The number of hydrogen-bond acceptors (Lipinski definition) is 8. The summed E-state index contributed by atoms with van der Waals surface area (Å²) in [7, 11) is -5.95. The zero-order valence-corrected chi connectivity index (χ0v) is 24.0. The van der Waals surface area contributed by atoms with Crippen LogP contribution >= 0.6 is 16.1 Å². The molecule has 0 aliphatic carbocycles. The molecule has 0 heterocycles. The van der Waals surface area contributed by atoms with E-state index in [1.807, 2.05) is 0 Å². The minimum Gasteiger partial charge on any atom is -0.348 e. The molecule has 0 fully saturated rings. The normalized spacial score (nSPS) is 15.3. The van der Waals surface area contributed by atoms with Gasteiger partial charge in [0.05, 0.1) is 19.3 Å². The fourth-order valence-electron chi connectivity index (χ4n) is 3.19. The number of ether oxygens (including phenoxy) is 2. The van der Waals surface area contributed by atoms with Gasteiger partial charge in [0.15, 0.2) is 0 Å². The van der Waals surface area contributed by atoms with Gasteiger partial charge in [-0.05, 0) is 40.0 Å². The molecule has 0 saturated carbocycles. The van der Waals surface area contributed by atoms with E-state index < -0.39 is 71.4 Å². The summed E-state index contributed by atoms with van der Waals surface area (Å²) in [5.74, 6) is -4.56. The van der Waals surface area contributed by atoms with Crippen molar-refractivity contribution in [3.8, 4) is 0 Å². The standard InChI is InChI=1S/C20H35F6N3O8P2/c1-5-15(4)37-39(33,34)14-28(11-8-10-27-16(30)18(21,22)23)12-9-13-29(17(31)19(24,25)26)20(38-32,35-6-2)36-7-3/h15H,5-14H2,1-4H3,(H,27,30)(H,33,34)/p+1. The number of nitrogens with zero attached hydrogens (tertiary/aromatic N) is 2. The largest absolute Gasteiger partial charge is 0.471 e. The number of halogens is 6. The topological polar surface area (TPSA) is 135 Å². The average Bonchev–Trinajstić information content (AvgIpc) is 2.81. The van der Waals surface area contributed by atoms with Crippen molar-refractivity contribution in [2.24, 2.45) is 0 Å². The van der Waals surface area contributed by atoms with Crippen molar-refractivity contribution in [2.45, 2.75) is 71.1 Å². The molecular formula is C20H36F6N3O8P2+. The van der Waals surface area contributed by atoms with Crippen LogP contribution in [0.4, 0.5) is 26.3 Å². The number of amides is 2. The molecule has 0 aliphatic heterocycles. The molecule has 0 aromatic rings. The van der Waals surface area contributed by atoms with Crippen LogP contribution in [0.5, 0.6) is 0 Å². The highest BCUT2D eigenvalue weighted by Crippen LogP contribution is 2.44. The predicted octanol–water partition coefficient (Wildman–Crippen LogP) is 3.80. The second-order valence-electron chi connectivity index (χ2n) is 8.19. The average molecular weight is 622 g/mol. The molecule has 0 aliphatic rings. The minimum atomic E-state index is -5.37. The summed E-state index contributed by atoms with van der Waals surface area (Å²) in [6, 6.07) is 0. The van der Waals surface area contributed by atoms with E-state index in [1.165, 1.54) is 25.7 Å². The molecule has 39 heavy (non-hydrogen) atoms. The number of carbonyl (C=O) groups excluding carboxylic acids is 2. The summed E-state index contributed by atoms with van der Waals surface area (Å²) >= 11 is 0. The molecular weight excluding hydrogens is 586 g/mol. The lowest BCUT2D eigenvalue weighted by molar-refractivity contribution is -0.265. The van der Waals surface area contributed by atoms with E-state index in [9.17, 15) is 50.0 Å². The predicted molar refractivity (Wildman–Crippen MR) is 128 cm³/mol. The third-order valence-corrected chi connectivity index (χ3v) is 7.26. The first-order valence-electron chi connectivity index (χ1n) is 12.0. The number of rotatable bonds is 19. The van der Waals surface area contributed by atoms with Gasteiger partial charge >= 0.3 is 45.9 Å². The monoisotopic (exact) mass is 622 g/mol. The van der Waals surface area contributed by atoms with Crippen LogP contribution in [0.2, 0.25) is 0 Å². The summed E-state index contributed by atoms with van der Waals surface area (Å²) in [5, 5.41) is 1.65. The molecule has 3 unspecified atom stereocenters. The van der Waals surface area contributed by atoms with E-state index in [0.29, 0.717) is 6.42 Å². The highest BCUT2D eigenvalue weighted by molar-refractivity contribution is 7.52. The van der Waals surface area contributed by atoms with Gasteiger partial charge in [0.1, 0.15) is 6.29 Å². The van der Waals surface area contributed by atoms with Crippen LogP contribution in [-0.2, 0) is 32.7 Å². The first-order chi connectivity index (χ1) is 17.9. The van der Waals surface area contributed by atoms with Crippen molar-refractivity contribution in [3.05, 3.63) is 0 Å². The van der Waals surface area contributed by atoms with E-state index in [-0.39, 0.29) is 44.0 Å². The Bertz CT molecular complexity index is 828. The van der Waals surface area contributed by atoms with E-state index in [1.54, 1.807) is 12.2 Å². The zero-order valence-electron chi connectivity index (χ0n) is 22.1. The molecule has 0 aromatic heterocycles. The zero-order chi connectivity index (χ0) is 30.5. The van der Waals surface area contributed by atoms with E-state index in [0.717, 1.165) is 0 Å². The summed E-state index contributed by atoms with van der Waals surface area (Å²) in [4.78, 5) is 34.8. The summed E-state index contributed by atoms with van der Waals surface area (Å²) in [5.41, 5.74) is -2.53. The fraction of sp³-hybridized carbons (Fsp3) is 0.900. The number of carbonyl (C=O) groups is 2. The van der Waals surface area contributed by atoms with Crippen LogP contribution in [0.3, 0.4) is 0 Å². The Balaban J connectivity index is 5.73. The molecule has 0 spiro atoms. The van der Waals surface area contributed by atoms with E-state index in [2.05, 4.69) is 0 Å². The highest BCUT2D eigenvalue weighted by Gasteiger charge is 2.57. The van der Waals surface area contributed by atoms with Gasteiger partial charge in [-0.25, -0.2) is 4.90 Å². The van der Waals surface area contributed by atoms with Gasteiger partial charge in [-0.2, -0.15) is 26.3 Å². The molecule has 11 nitrogen and oxygen atoms in total. The Morgan fingerprint density at radius 2 is 1.51 bits per heavy atom. The Morgan fingerprint density at radius 1 is 0.974 bits per heavy atom. The third kappa shape index (κ3) is 13.7. The van der Waals surface area contributed by atoms with Crippen LogP contribution in [-0.4, -0.2) is 96.3 Å². The van der Waals surface area contributed by atoms with Crippen LogP contribution in [0.25, 0.3) is 0 Å². The van der Waals surface area contributed by atoms with Crippen LogP contribution < -0.4 is 5.32 Å². The van der Waals surface area contributed by atoms with E-state index >= 15 is 0 Å². The fourth-order valence-corrected chi connectivity index (χ4v) is 5.49. The minimum absolute atomic E-state index is 0.125. The van der Waals surface area contributed by atoms with Gasteiger partial charge in [-0.1, -0.05) is 11.5 Å². The summed E-state index contributed by atoms with van der Waals surface area (Å²) in [6.07, 6.45) is -11.8. The smallest absolute Gasteiger partial charge is 0.348 e. The second-order valence-corrected chi connectivity index (χ2v) is 10.8. The SMILES string of the molecule is CCOC(OCC)([PH+]=O)N(CCCN(CCCNC(=O)C(F)(F)F)CP(=O)(O)OC(C)CC)C(=O)C(F)(F)F. The Hall–Kier alpha value is -1.35. The maximum atomic E-state index is 13.4. The lowest BCUT2D eigenvalue weighted by Gasteiger charge is -2.33. The van der Waals surface area contributed by atoms with Crippen LogP contribution in [0.15, 0.2) is 0 Å². The molecule has 3 atom stereocenters. The van der Waals surface area contributed by atoms with Crippen molar-refractivity contribution in [1.82, 2.24) is 15.1 Å². The van der Waals surface area contributed by atoms with Gasteiger partial charge < -0.3 is 14.7 Å². The highest BCUT2D eigenvalue weighted by atomic mass is 31.2. The first-order valence-corrected chi connectivity index (χ1v) is 14.7. The Kier molecular flexibility index (Phi) is 16.2. The lowest BCUT2D eigenvalue weighted by atomic mass is 10.3. The molecule has 0 aromatic carbocycles. The van der Waals surface area contributed by atoms with Crippen molar-refractivity contribution < 1.29 is 64.0 Å². The number of alkyl halides is 6. The maximum absolute atomic E-state index is 13.4. The number of hydrogen-bond donors (Lipinski definition) is 2. The van der Waals surface area contributed by atoms with Crippen molar-refractivity contribution in [3.63, 3.8) is 0 Å². The van der Waals surface area contributed by atoms with Gasteiger partial charge in [0.25, 0.3) is 0 Å². The maximum Gasteiger partial charge on any atom is 0.471 e. The molecule has 19 heteroatoms. The quantitative estimate of drug-likeness (QED) is 0.0955. The molecule has 0 rings (SSSR count). The Labute approximate surface area is 224 Å². The second kappa shape index (κ2) is 16.8. The molecule has 0 radical (unpaired) electrons. The molecule has 2 N–H and O–H groups in total. The van der Waals surface area contributed by atoms with Crippen molar-refractivity contribution >= 4 is 27.9 Å². The van der Waals surface area contributed by atoms with Gasteiger partial charge in [0.2, 0.25) is 0 Å². The first kappa shape index (κ1) is 37.6. The molecule has 2 amide bonds. The van der Waals surface area contributed by atoms with Gasteiger partial charge in [0, 0.05) is 26.2 Å². The summed E-state index contributed by atoms with van der Waals surface area (Å²) < 4.78 is 117. The third-order valence-electron chi connectivity index (χ3n) is 5.00. The number of nitrogens with one attached hydrogen (secondary N) is 1. The van der Waals surface area contributed by atoms with Crippen molar-refractivity contribution in [2.75, 3.05) is 45.7 Å². The summed E-state index contributed by atoms with van der Waals surface area (Å²) in [6.45, 7) is 3.93. The van der Waals surface area contributed by atoms with Gasteiger partial charge in [-0.15, -0.1) is 0 Å². The lowest BCUT2D eigenvalue weighted by Crippen LogP contribution is -2.56. The Morgan fingerprint density at radius 3 is 1.95 bits per heavy atom.